The van der Waals surface area contributed by atoms with Crippen molar-refractivity contribution in [1.82, 2.24) is 40.1 Å². The van der Waals surface area contributed by atoms with E-state index in [1.54, 1.807) is 85.8 Å². The van der Waals surface area contributed by atoms with Crippen molar-refractivity contribution in [3.8, 4) is 44.8 Å². The maximum atomic E-state index is 12.3. The number of hydrogen-bond acceptors (Lipinski definition) is 14. The molecule has 0 radical (unpaired) electrons. The van der Waals surface area contributed by atoms with Crippen molar-refractivity contribution in [1.29, 1.82) is 0 Å². The number of anilines is 2. The van der Waals surface area contributed by atoms with Gasteiger partial charge in [-0.05, 0) is 109 Å². The first-order valence-electron chi connectivity index (χ1n) is 26.6. The molecule has 17 nitrogen and oxygen atoms in total. The van der Waals surface area contributed by atoms with E-state index in [9.17, 15) is 24.0 Å². The van der Waals surface area contributed by atoms with Gasteiger partial charge in [0.25, 0.3) is 11.8 Å². The fraction of sp³-hybridized carbons (Fsp3) is 0.0746. The van der Waals surface area contributed by atoms with Gasteiger partial charge in [0.2, 0.25) is 0 Å². The standard InChI is InChI=1S/C21H16N4O.2C12H9NO.C9H11N3O.C7H7BO3.C5H4BrN.CH4/c26-21-17-4-1-5-18-19(17)25(12-11-23-21)20(24-18)15-8-6-14(7-9-15)16-3-2-10-22-13-16;2*14-9-10-3-5-11(6-4-10)12-2-1-7-13-8-12;10-7-3-1-2-6-8(7)11-4-5-12-9(6)13;9-5-6-1-3-7(4-2-6)8(10)11;6-5-2-1-3-7-4-5;/h1-10,13H,11-12H2,(H,23,26);2*1-9H;1-3,11H,4-5,10H2,(H,12,13);1-5,10-11H;1-4H;1H4. The first-order valence-corrected chi connectivity index (χ1v) is 27.4. The van der Waals surface area contributed by atoms with Crippen LogP contribution in [0.15, 0.2) is 236 Å². The van der Waals surface area contributed by atoms with Crippen LogP contribution in [0.25, 0.3) is 55.8 Å². The van der Waals surface area contributed by atoms with Gasteiger partial charge in [0.1, 0.15) is 24.7 Å². The number of imidazole rings is 1. The zero-order valence-corrected chi connectivity index (χ0v) is 47.2. The molecule has 0 saturated carbocycles. The number of nitrogens with zero attached hydrogens (tertiary/aromatic N) is 6. The Kier molecular flexibility index (Phi) is 23.7. The highest BCUT2D eigenvalue weighted by molar-refractivity contribution is 9.10. The van der Waals surface area contributed by atoms with Crippen LogP contribution in [0.5, 0.6) is 0 Å². The molecule has 19 heteroatoms. The summed E-state index contributed by atoms with van der Waals surface area (Å²) in [4.78, 5) is 75.7. The minimum absolute atomic E-state index is 0. The Morgan fingerprint density at radius 1 is 0.477 bits per heavy atom. The van der Waals surface area contributed by atoms with Crippen LogP contribution in [0.2, 0.25) is 0 Å². The maximum absolute atomic E-state index is 12.3. The minimum atomic E-state index is -1.46. The van der Waals surface area contributed by atoms with Crippen LogP contribution >= 0.6 is 15.9 Å². The maximum Gasteiger partial charge on any atom is 0.488 e. The van der Waals surface area contributed by atoms with Crippen molar-refractivity contribution in [2.45, 2.75) is 14.0 Å². The topological polar surface area (TPSA) is 257 Å². The summed E-state index contributed by atoms with van der Waals surface area (Å²) in [6.45, 7) is 2.65. The van der Waals surface area contributed by atoms with Gasteiger partial charge in [-0.2, -0.15) is 0 Å². The van der Waals surface area contributed by atoms with E-state index in [4.69, 9.17) is 20.8 Å². The number of hydrogen-bond donors (Lipinski definition) is 6. The second-order valence-corrected chi connectivity index (χ2v) is 19.5. The highest BCUT2D eigenvalue weighted by Gasteiger charge is 2.22. The summed E-state index contributed by atoms with van der Waals surface area (Å²) in [6.07, 6.45) is 16.6. The van der Waals surface area contributed by atoms with Crippen molar-refractivity contribution in [2.75, 3.05) is 30.7 Å². The Labute approximate surface area is 506 Å². The fourth-order valence-electron chi connectivity index (χ4n) is 8.61. The van der Waals surface area contributed by atoms with Crippen LogP contribution in [0, 0.1) is 0 Å². The predicted molar refractivity (Wildman–Crippen MR) is 343 cm³/mol. The molecule has 0 saturated heterocycles. The SMILES string of the molecule is Brc1cccnc1.C.Nc1cccc2c1NCCNC2=O.O=C1NCCn2c(-c3ccc(-c4cccnc4)cc3)nc3cccc1c32.O=Cc1ccc(-c2cccnc2)cc1.O=Cc1ccc(-c2cccnc2)cc1.O=Cc1ccc(B(O)O)cc1. The highest BCUT2D eigenvalue weighted by atomic mass is 79.9. The summed E-state index contributed by atoms with van der Waals surface area (Å²) in [5, 5.41) is 26.1. The van der Waals surface area contributed by atoms with Crippen molar-refractivity contribution in [3.63, 3.8) is 0 Å². The summed E-state index contributed by atoms with van der Waals surface area (Å²) in [7, 11) is -1.46. The van der Waals surface area contributed by atoms with Crippen molar-refractivity contribution in [3.05, 3.63) is 264 Å². The molecule has 5 aromatic heterocycles. The molecule has 2 aliphatic rings. The third kappa shape index (κ3) is 17.5. The molecule has 11 aromatic rings. The normalized spacial score (nSPS) is 11.4. The van der Waals surface area contributed by atoms with Crippen LogP contribution in [-0.4, -0.2) is 97.0 Å². The van der Waals surface area contributed by atoms with Gasteiger partial charge >= 0.3 is 7.12 Å². The Bertz CT molecular complexity index is 3860. The Balaban J connectivity index is 0.000000155. The van der Waals surface area contributed by atoms with Gasteiger partial charge < -0.3 is 36.3 Å². The number of nitrogen functional groups attached to an aromatic ring is 1. The van der Waals surface area contributed by atoms with Crippen molar-refractivity contribution in [2.24, 2.45) is 0 Å². The van der Waals surface area contributed by atoms with Gasteiger partial charge in [-0.25, -0.2) is 4.98 Å². The molecule has 0 spiro atoms. The van der Waals surface area contributed by atoms with E-state index < -0.39 is 7.12 Å². The number of nitrogens with one attached hydrogen (secondary N) is 3. The fourth-order valence-corrected chi connectivity index (χ4v) is 8.88. The van der Waals surface area contributed by atoms with Gasteiger partial charge in [0.05, 0.1) is 33.5 Å². The molecule has 86 heavy (non-hydrogen) atoms. The number of amides is 2. The molecule has 7 N–H and O–H groups in total. The van der Waals surface area contributed by atoms with Crippen LogP contribution in [0.1, 0.15) is 59.2 Å². The average molecular weight is 1210 g/mol. The quantitative estimate of drug-likeness (QED) is 0.0470. The first kappa shape index (κ1) is 63.0. The molecule has 0 atom stereocenters. The van der Waals surface area contributed by atoms with Crippen LogP contribution in [-0.2, 0) is 6.54 Å². The van der Waals surface area contributed by atoms with E-state index in [-0.39, 0.29) is 19.2 Å². The number of pyridine rings is 4. The lowest BCUT2D eigenvalue weighted by atomic mass is 9.80. The molecule has 7 heterocycles. The van der Waals surface area contributed by atoms with Crippen LogP contribution < -0.4 is 27.1 Å². The summed E-state index contributed by atoms with van der Waals surface area (Å²) in [5.41, 5.74) is 20.0. The number of fused-ring (bicyclic) bond motifs is 1. The molecular formula is C67H60BBrN10O7. The summed E-state index contributed by atoms with van der Waals surface area (Å²) >= 11 is 3.25. The second-order valence-electron chi connectivity index (χ2n) is 18.6. The van der Waals surface area contributed by atoms with E-state index in [0.717, 1.165) is 78.5 Å². The van der Waals surface area contributed by atoms with Gasteiger partial charge in [-0.3, -0.25) is 43.9 Å². The van der Waals surface area contributed by atoms with E-state index >= 15 is 0 Å². The van der Waals surface area contributed by atoms with Crippen molar-refractivity contribution >= 4 is 81.6 Å². The van der Waals surface area contributed by atoms with Gasteiger partial charge in [-0.15, -0.1) is 0 Å². The number of para-hydroxylation sites is 2. The first-order chi connectivity index (χ1) is 41.5. The molecule has 6 aromatic carbocycles. The summed E-state index contributed by atoms with van der Waals surface area (Å²) < 4.78 is 3.16. The lowest BCUT2D eigenvalue weighted by Gasteiger charge is -2.08. The number of nitrogens with two attached hydrogens (primary N) is 1. The van der Waals surface area contributed by atoms with Gasteiger partial charge in [0.15, 0.2) is 0 Å². The number of benzene rings is 6. The molecular weight excluding hydrogens is 1150 g/mol. The number of aldehydes is 3. The number of carbonyl (C=O) groups is 5. The molecule has 0 unspecified atom stereocenters. The molecule has 13 rings (SSSR count). The van der Waals surface area contributed by atoms with Crippen LogP contribution in [0.3, 0.4) is 0 Å². The Hall–Kier alpha value is -10.6. The van der Waals surface area contributed by atoms with Crippen molar-refractivity contribution < 1.29 is 34.0 Å². The summed E-state index contributed by atoms with van der Waals surface area (Å²) in [6, 6.07) is 55.8. The minimum Gasteiger partial charge on any atom is -0.423 e. The average Bonchev–Trinajstić information content (AvgIpc) is 1.95. The van der Waals surface area contributed by atoms with E-state index in [1.165, 1.54) is 24.3 Å². The number of carbonyl (C=O) groups excluding carboxylic acids is 5. The van der Waals surface area contributed by atoms with Crippen LogP contribution in [0.4, 0.5) is 11.4 Å². The molecule has 2 aliphatic heterocycles. The third-order valence-corrected chi connectivity index (χ3v) is 13.4. The smallest absolute Gasteiger partial charge is 0.423 e. The van der Waals surface area contributed by atoms with E-state index in [1.807, 2.05) is 97.2 Å². The zero-order valence-electron chi connectivity index (χ0n) is 45.7. The van der Waals surface area contributed by atoms with Gasteiger partial charge in [-0.1, -0.05) is 135 Å². The van der Waals surface area contributed by atoms with E-state index in [0.29, 0.717) is 71.4 Å². The molecule has 2 amide bonds. The zero-order chi connectivity index (χ0) is 59.8. The van der Waals surface area contributed by atoms with Gasteiger partial charge in [0, 0.05) is 102 Å². The summed E-state index contributed by atoms with van der Waals surface area (Å²) in [5.74, 6) is 0.793. The molecule has 430 valence electrons. The Morgan fingerprint density at radius 3 is 1.36 bits per heavy atom. The number of halogens is 1. The predicted octanol–water partition coefficient (Wildman–Crippen LogP) is 10.7. The monoisotopic (exact) mass is 1210 g/mol. The largest absolute Gasteiger partial charge is 0.488 e. The third-order valence-electron chi connectivity index (χ3n) is 12.9. The molecule has 0 fully saturated rings. The highest BCUT2D eigenvalue weighted by Crippen LogP contribution is 2.30. The molecule has 0 aliphatic carbocycles. The lowest BCUT2D eigenvalue weighted by Crippen LogP contribution is -2.29. The number of aromatic nitrogens is 6. The lowest BCUT2D eigenvalue weighted by molar-refractivity contribution is 0.0949. The molecule has 0 bridgehead atoms. The van der Waals surface area contributed by atoms with E-state index in [2.05, 4.69) is 80.6 Å². The number of rotatable bonds is 8. The Morgan fingerprint density at radius 2 is 0.907 bits per heavy atom. The second kappa shape index (κ2) is 32.3.